The molecule has 1 saturated heterocycles. The molecule has 0 aliphatic carbocycles. The summed E-state index contributed by atoms with van der Waals surface area (Å²) in [5.74, 6) is -0.705. The van der Waals surface area contributed by atoms with Crippen molar-refractivity contribution in [2.45, 2.75) is 6.18 Å². The molecule has 6 nitrogen and oxygen atoms in total. The van der Waals surface area contributed by atoms with Gasteiger partial charge in [0.2, 0.25) is 0 Å². The number of benzene rings is 2. The molecule has 29 heavy (non-hydrogen) atoms. The Morgan fingerprint density at radius 2 is 1.90 bits per heavy atom. The van der Waals surface area contributed by atoms with Crippen molar-refractivity contribution in [1.29, 1.82) is 10.7 Å². The summed E-state index contributed by atoms with van der Waals surface area (Å²) in [4.78, 5) is 12.0. The summed E-state index contributed by atoms with van der Waals surface area (Å²) in [5.41, 5.74) is -0.684. The minimum absolute atomic E-state index is 0.00802. The molecule has 0 saturated carbocycles. The number of alkyl halides is 3. The maximum Gasteiger partial charge on any atom is 0.420 e. The molecule has 10 heteroatoms. The molecule has 3 rings (SSSR count). The number of hydrogen-bond donors (Lipinski definition) is 2. The van der Waals surface area contributed by atoms with E-state index in [9.17, 15) is 18.0 Å². The quantitative estimate of drug-likeness (QED) is 0.711. The van der Waals surface area contributed by atoms with Crippen molar-refractivity contribution in [3.8, 4) is 23.3 Å². The van der Waals surface area contributed by atoms with Crippen LogP contribution in [0.3, 0.4) is 0 Å². The van der Waals surface area contributed by atoms with E-state index in [0.717, 1.165) is 17.8 Å². The molecule has 0 aromatic heterocycles. The standard InChI is InChI=1S/C19H12F3N3O3S/c1-27-15-7-10(8-16-17(26)25-18(24)29-16)2-5-14(15)28-13-4-3-11(9-23)6-12(13)19(20,21)22/h2-8H,1H3,(H2,24,25,26). The topological polar surface area (TPSA) is 95.2 Å². The Morgan fingerprint density at radius 1 is 1.17 bits per heavy atom. The molecule has 2 N–H and O–H groups in total. The second kappa shape index (κ2) is 7.89. The Morgan fingerprint density at radius 3 is 2.48 bits per heavy atom. The van der Waals surface area contributed by atoms with Crippen molar-refractivity contribution < 1.29 is 27.4 Å². The molecule has 1 amide bonds. The molecule has 1 fully saturated rings. The van der Waals surface area contributed by atoms with Crippen molar-refractivity contribution >= 4 is 28.9 Å². The van der Waals surface area contributed by atoms with Crippen molar-refractivity contribution in [2.24, 2.45) is 0 Å². The molecule has 0 radical (unpaired) electrons. The molecule has 0 spiro atoms. The minimum Gasteiger partial charge on any atom is -0.493 e. The van der Waals surface area contributed by atoms with Gasteiger partial charge in [0.05, 0.1) is 29.2 Å². The van der Waals surface area contributed by atoms with E-state index in [0.29, 0.717) is 16.5 Å². The van der Waals surface area contributed by atoms with Gasteiger partial charge in [-0.15, -0.1) is 0 Å². The third-order valence-electron chi connectivity index (χ3n) is 3.78. The number of methoxy groups -OCH3 is 1. The lowest BCUT2D eigenvalue weighted by Crippen LogP contribution is -2.18. The Bertz CT molecular complexity index is 1070. The predicted octanol–water partition coefficient (Wildman–Crippen LogP) is 4.52. The first-order valence-corrected chi connectivity index (χ1v) is 8.79. The van der Waals surface area contributed by atoms with Crippen LogP contribution in [0.2, 0.25) is 0 Å². The molecular weight excluding hydrogens is 407 g/mol. The molecule has 0 bridgehead atoms. The van der Waals surface area contributed by atoms with Crippen molar-refractivity contribution in [2.75, 3.05) is 7.11 Å². The summed E-state index contributed by atoms with van der Waals surface area (Å²) in [5, 5.41) is 18.6. The number of carbonyl (C=O) groups excluding carboxylic acids is 1. The number of nitriles is 1. The van der Waals surface area contributed by atoms with E-state index in [4.69, 9.17) is 20.1 Å². The molecule has 1 aliphatic heterocycles. The minimum atomic E-state index is -4.71. The van der Waals surface area contributed by atoms with Crippen LogP contribution in [0, 0.1) is 16.7 Å². The van der Waals surface area contributed by atoms with Crippen molar-refractivity contribution in [3.63, 3.8) is 0 Å². The van der Waals surface area contributed by atoms with Gasteiger partial charge in [-0.2, -0.15) is 18.4 Å². The molecule has 2 aromatic carbocycles. The van der Waals surface area contributed by atoms with Gasteiger partial charge in [-0.25, -0.2) is 0 Å². The number of carbonyl (C=O) groups is 1. The Labute approximate surface area is 167 Å². The number of nitrogens with zero attached hydrogens (tertiary/aromatic N) is 1. The van der Waals surface area contributed by atoms with Crippen molar-refractivity contribution in [3.05, 3.63) is 58.0 Å². The zero-order valence-electron chi connectivity index (χ0n) is 14.8. The number of halogens is 3. The molecule has 2 aromatic rings. The van der Waals surface area contributed by atoms with E-state index >= 15 is 0 Å². The maximum atomic E-state index is 13.3. The van der Waals surface area contributed by atoms with Crippen LogP contribution in [0.5, 0.6) is 17.2 Å². The summed E-state index contributed by atoms with van der Waals surface area (Å²) in [6.07, 6.45) is -3.19. The van der Waals surface area contributed by atoms with E-state index in [2.05, 4.69) is 5.32 Å². The average Bonchev–Trinajstić information content (AvgIpc) is 2.99. The molecular formula is C19H12F3N3O3S. The van der Waals surface area contributed by atoms with E-state index < -0.39 is 23.4 Å². The third-order valence-corrected chi connectivity index (χ3v) is 4.61. The van der Waals surface area contributed by atoms with Gasteiger partial charge in [0, 0.05) is 0 Å². The van der Waals surface area contributed by atoms with E-state index in [-0.39, 0.29) is 22.2 Å². The Balaban J connectivity index is 1.95. The highest BCUT2D eigenvalue weighted by molar-refractivity contribution is 8.18. The summed E-state index contributed by atoms with van der Waals surface area (Å²) < 4.78 is 50.6. The summed E-state index contributed by atoms with van der Waals surface area (Å²) in [6.45, 7) is 0. The van der Waals surface area contributed by atoms with Gasteiger partial charge in [-0.1, -0.05) is 6.07 Å². The highest BCUT2D eigenvalue weighted by Gasteiger charge is 2.35. The fraction of sp³-hybridized carbons (Fsp3) is 0.105. The Kier molecular flexibility index (Phi) is 5.52. The lowest BCUT2D eigenvalue weighted by atomic mass is 10.1. The van der Waals surface area contributed by atoms with Gasteiger partial charge in [-0.05, 0) is 53.7 Å². The molecule has 1 aliphatic rings. The first kappa shape index (κ1) is 20.3. The van der Waals surface area contributed by atoms with Crippen LogP contribution in [0.1, 0.15) is 16.7 Å². The van der Waals surface area contributed by atoms with E-state index in [1.54, 1.807) is 6.07 Å². The number of amides is 1. The number of nitrogens with one attached hydrogen (secondary N) is 2. The smallest absolute Gasteiger partial charge is 0.420 e. The molecule has 148 valence electrons. The van der Waals surface area contributed by atoms with E-state index in [1.807, 2.05) is 0 Å². The zero-order valence-corrected chi connectivity index (χ0v) is 15.6. The van der Waals surface area contributed by atoms with Gasteiger partial charge >= 0.3 is 6.18 Å². The SMILES string of the molecule is COc1cc(C=C2SC(=N)NC2=O)ccc1Oc1ccc(C#N)cc1C(F)(F)F. The normalized spacial score (nSPS) is 15.2. The molecule has 1 heterocycles. The first-order valence-electron chi connectivity index (χ1n) is 7.98. The van der Waals surface area contributed by atoms with Gasteiger partial charge in [-0.3, -0.25) is 10.2 Å². The lowest BCUT2D eigenvalue weighted by molar-refractivity contribution is -0.138. The first-order chi connectivity index (χ1) is 13.7. The number of amidine groups is 1. The van der Waals surface area contributed by atoms with Crippen LogP contribution in [0.4, 0.5) is 13.2 Å². The number of thioether (sulfide) groups is 1. The monoisotopic (exact) mass is 419 g/mol. The van der Waals surface area contributed by atoms with Crippen LogP contribution < -0.4 is 14.8 Å². The van der Waals surface area contributed by atoms with Gasteiger partial charge < -0.3 is 14.8 Å². The highest BCUT2D eigenvalue weighted by Crippen LogP contribution is 2.41. The maximum absolute atomic E-state index is 13.3. The van der Waals surface area contributed by atoms with Crippen LogP contribution in [-0.2, 0) is 11.0 Å². The number of hydrogen-bond acceptors (Lipinski definition) is 6. The Hall–Kier alpha value is -3.45. The van der Waals surface area contributed by atoms with Crippen molar-refractivity contribution in [1.82, 2.24) is 5.32 Å². The fourth-order valence-electron chi connectivity index (χ4n) is 2.48. The largest absolute Gasteiger partial charge is 0.493 e. The summed E-state index contributed by atoms with van der Waals surface area (Å²) in [6, 6.07) is 9.12. The number of ether oxygens (including phenoxy) is 2. The van der Waals surface area contributed by atoms with Crippen LogP contribution >= 0.6 is 11.8 Å². The third kappa shape index (κ3) is 4.52. The van der Waals surface area contributed by atoms with Crippen LogP contribution in [0.25, 0.3) is 6.08 Å². The van der Waals surface area contributed by atoms with Gasteiger partial charge in [0.15, 0.2) is 16.7 Å². The number of rotatable bonds is 4. The van der Waals surface area contributed by atoms with Gasteiger partial charge in [0.1, 0.15) is 5.75 Å². The second-order valence-electron chi connectivity index (χ2n) is 5.73. The zero-order chi connectivity index (χ0) is 21.2. The predicted molar refractivity (Wildman–Crippen MR) is 101 cm³/mol. The molecule has 0 unspecified atom stereocenters. The van der Waals surface area contributed by atoms with Crippen LogP contribution in [0.15, 0.2) is 41.3 Å². The second-order valence-corrected chi connectivity index (χ2v) is 6.78. The van der Waals surface area contributed by atoms with E-state index in [1.165, 1.54) is 37.5 Å². The lowest BCUT2D eigenvalue weighted by Gasteiger charge is -2.16. The molecule has 0 atom stereocenters. The highest BCUT2D eigenvalue weighted by atomic mass is 32.2. The van der Waals surface area contributed by atoms with Gasteiger partial charge in [0.25, 0.3) is 5.91 Å². The summed E-state index contributed by atoms with van der Waals surface area (Å²) in [7, 11) is 1.33. The summed E-state index contributed by atoms with van der Waals surface area (Å²) >= 11 is 0.957. The van der Waals surface area contributed by atoms with Crippen LogP contribution in [-0.4, -0.2) is 18.2 Å². The average molecular weight is 419 g/mol. The fourth-order valence-corrected chi connectivity index (χ4v) is 3.18.